The highest BCUT2D eigenvalue weighted by molar-refractivity contribution is 5.98. The number of anilines is 1. The molecule has 0 aliphatic rings. The topological polar surface area (TPSA) is 111 Å². The number of benzene rings is 1. The molecular weight excluding hydrogens is 374 g/mol. The van der Waals surface area contributed by atoms with Crippen LogP contribution in [0.1, 0.15) is 49.7 Å². The molecule has 0 aliphatic heterocycles. The van der Waals surface area contributed by atoms with Crippen molar-refractivity contribution in [1.82, 2.24) is 10.5 Å². The van der Waals surface area contributed by atoms with E-state index >= 15 is 0 Å². The van der Waals surface area contributed by atoms with Crippen molar-refractivity contribution in [2.75, 3.05) is 5.32 Å². The molecule has 1 aromatic carbocycles. The zero-order chi connectivity index (χ0) is 21.4. The van der Waals surface area contributed by atoms with Crippen LogP contribution in [0.3, 0.4) is 0 Å². The van der Waals surface area contributed by atoms with E-state index in [1.54, 1.807) is 50.2 Å². The molecule has 2 N–H and O–H groups in total. The first-order valence-electron chi connectivity index (χ1n) is 9.60. The maximum absolute atomic E-state index is 12.7. The van der Waals surface area contributed by atoms with Gasteiger partial charge in [-0.1, -0.05) is 44.1 Å². The lowest BCUT2D eigenvalue weighted by Gasteiger charge is -2.22. The SMILES string of the molecule is CC[C@@H](OC(=O)[C@H](CC(C)C)NC(=O)c1ccccc1)C(=O)Nc1cc(C)on1. The van der Waals surface area contributed by atoms with Gasteiger partial charge in [0.1, 0.15) is 11.8 Å². The second kappa shape index (κ2) is 10.4. The molecule has 1 aromatic heterocycles. The lowest BCUT2D eigenvalue weighted by Crippen LogP contribution is -2.45. The third kappa shape index (κ3) is 6.74. The van der Waals surface area contributed by atoms with Gasteiger partial charge in [0.2, 0.25) is 0 Å². The fourth-order valence-corrected chi connectivity index (χ4v) is 2.69. The lowest BCUT2D eigenvalue weighted by molar-refractivity contribution is -0.156. The first-order valence-corrected chi connectivity index (χ1v) is 9.60. The molecule has 2 aromatic rings. The molecule has 2 rings (SSSR count). The van der Waals surface area contributed by atoms with Crippen LogP contribution < -0.4 is 10.6 Å². The number of aryl methyl sites for hydroxylation is 1. The third-order valence-electron chi connectivity index (χ3n) is 4.13. The number of nitrogens with one attached hydrogen (secondary N) is 2. The molecule has 0 spiro atoms. The number of carbonyl (C=O) groups is 3. The Morgan fingerprint density at radius 1 is 1.17 bits per heavy atom. The van der Waals surface area contributed by atoms with Crippen molar-refractivity contribution in [3.63, 3.8) is 0 Å². The van der Waals surface area contributed by atoms with Gasteiger partial charge in [0.05, 0.1) is 0 Å². The van der Waals surface area contributed by atoms with Crippen LogP contribution >= 0.6 is 0 Å². The van der Waals surface area contributed by atoms with Gasteiger partial charge < -0.3 is 19.9 Å². The number of hydrogen-bond donors (Lipinski definition) is 2. The fourth-order valence-electron chi connectivity index (χ4n) is 2.69. The molecule has 2 atom stereocenters. The quantitative estimate of drug-likeness (QED) is 0.625. The first-order chi connectivity index (χ1) is 13.8. The molecule has 8 nitrogen and oxygen atoms in total. The minimum Gasteiger partial charge on any atom is -0.451 e. The molecule has 0 bridgehead atoms. The van der Waals surface area contributed by atoms with Gasteiger partial charge in [-0.05, 0) is 37.8 Å². The first kappa shape index (κ1) is 22.1. The Labute approximate surface area is 170 Å². The molecule has 0 saturated heterocycles. The number of hydrogen-bond acceptors (Lipinski definition) is 6. The number of nitrogens with zero attached hydrogens (tertiary/aromatic N) is 1. The van der Waals surface area contributed by atoms with Crippen LogP contribution in [0.15, 0.2) is 40.9 Å². The van der Waals surface area contributed by atoms with Gasteiger partial charge in [-0.25, -0.2) is 4.79 Å². The van der Waals surface area contributed by atoms with Crippen molar-refractivity contribution in [1.29, 1.82) is 0 Å². The summed E-state index contributed by atoms with van der Waals surface area (Å²) in [4.78, 5) is 37.6. The average molecular weight is 401 g/mol. The summed E-state index contributed by atoms with van der Waals surface area (Å²) in [6.45, 7) is 7.30. The molecule has 0 radical (unpaired) electrons. The second-order valence-electron chi connectivity index (χ2n) is 7.17. The normalized spacial score (nSPS) is 12.9. The van der Waals surface area contributed by atoms with Crippen molar-refractivity contribution in [3.8, 4) is 0 Å². The van der Waals surface area contributed by atoms with E-state index in [1.807, 2.05) is 13.8 Å². The molecular formula is C21H27N3O5. The summed E-state index contributed by atoms with van der Waals surface area (Å²) < 4.78 is 10.3. The van der Waals surface area contributed by atoms with Crippen LogP contribution in [0.5, 0.6) is 0 Å². The highest BCUT2D eigenvalue weighted by Crippen LogP contribution is 2.13. The fraction of sp³-hybridized carbons (Fsp3) is 0.429. The number of aromatic nitrogens is 1. The third-order valence-corrected chi connectivity index (χ3v) is 4.13. The van der Waals surface area contributed by atoms with Crippen molar-refractivity contribution < 1.29 is 23.6 Å². The number of amides is 2. The summed E-state index contributed by atoms with van der Waals surface area (Å²) in [5, 5.41) is 8.96. The molecule has 0 fully saturated rings. The smallest absolute Gasteiger partial charge is 0.329 e. The van der Waals surface area contributed by atoms with Gasteiger partial charge in [-0.15, -0.1) is 0 Å². The minimum absolute atomic E-state index is 0.135. The van der Waals surface area contributed by atoms with E-state index < -0.39 is 24.0 Å². The highest BCUT2D eigenvalue weighted by atomic mass is 16.5. The van der Waals surface area contributed by atoms with Gasteiger partial charge in [0.25, 0.3) is 11.8 Å². The van der Waals surface area contributed by atoms with E-state index in [1.165, 1.54) is 0 Å². The maximum Gasteiger partial charge on any atom is 0.329 e. The molecule has 1 heterocycles. The van der Waals surface area contributed by atoms with E-state index in [0.29, 0.717) is 17.7 Å². The van der Waals surface area contributed by atoms with Crippen LogP contribution in [-0.2, 0) is 14.3 Å². The Hall–Kier alpha value is -3.16. The van der Waals surface area contributed by atoms with Crippen molar-refractivity contribution in [3.05, 3.63) is 47.7 Å². The Balaban J connectivity index is 2.04. The monoisotopic (exact) mass is 401 g/mol. The molecule has 0 saturated carbocycles. The van der Waals surface area contributed by atoms with Crippen molar-refractivity contribution in [2.24, 2.45) is 5.92 Å². The summed E-state index contributed by atoms with van der Waals surface area (Å²) >= 11 is 0. The van der Waals surface area contributed by atoms with E-state index in [2.05, 4.69) is 15.8 Å². The summed E-state index contributed by atoms with van der Waals surface area (Å²) in [6, 6.07) is 9.32. The van der Waals surface area contributed by atoms with Gasteiger partial charge in [-0.2, -0.15) is 0 Å². The average Bonchev–Trinajstić information content (AvgIpc) is 3.10. The largest absolute Gasteiger partial charge is 0.451 e. The minimum atomic E-state index is -1.01. The van der Waals surface area contributed by atoms with Crippen LogP contribution in [-0.4, -0.2) is 35.1 Å². The molecule has 156 valence electrons. The molecule has 0 unspecified atom stereocenters. The standard InChI is InChI=1S/C21H27N3O5/c1-5-17(20(26)23-18-12-14(4)29-24-18)28-21(27)16(11-13(2)3)22-19(25)15-9-7-6-8-10-15/h6-10,12-13,16-17H,5,11H2,1-4H3,(H,22,25)(H,23,24,26)/t16-,17+/m0/s1. The van der Waals surface area contributed by atoms with Gasteiger partial charge in [-0.3, -0.25) is 9.59 Å². The number of ether oxygens (including phenoxy) is 1. The van der Waals surface area contributed by atoms with Crippen molar-refractivity contribution >= 4 is 23.6 Å². The zero-order valence-electron chi connectivity index (χ0n) is 17.1. The van der Waals surface area contributed by atoms with Crippen LogP contribution in [0.2, 0.25) is 0 Å². The molecule has 29 heavy (non-hydrogen) atoms. The van der Waals surface area contributed by atoms with E-state index in [-0.39, 0.29) is 24.1 Å². The van der Waals surface area contributed by atoms with Gasteiger partial charge in [0.15, 0.2) is 11.9 Å². The van der Waals surface area contributed by atoms with Gasteiger partial charge in [0, 0.05) is 11.6 Å². The summed E-state index contributed by atoms with van der Waals surface area (Å²) in [7, 11) is 0. The van der Waals surface area contributed by atoms with E-state index in [0.717, 1.165) is 0 Å². The predicted molar refractivity (Wildman–Crippen MR) is 107 cm³/mol. The predicted octanol–water partition coefficient (Wildman–Crippen LogP) is 3.09. The molecule has 8 heteroatoms. The number of carbonyl (C=O) groups excluding carboxylic acids is 3. The maximum atomic E-state index is 12.7. The Kier molecular flexibility index (Phi) is 7.94. The van der Waals surface area contributed by atoms with E-state index in [9.17, 15) is 14.4 Å². The Morgan fingerprint density at radius 3 is 2.41 bits per heavy atom. The zero-order valence-corrected chi connectivity index (χ0v) is 17.1. The van der Waals surface area contributed by atoms with Crippen LogP contribution in [0, 0.1) is 12.8 Å². The Morgan fingerprint density at radius 2 is 1.86 bits per heavy atom. The van der Waals surface area contributed by atoms with Crippen molar-refractivity contribution in [2.45, 2.75) is 52.7 Å². The Bertz CT molecular complexity index is 832. The lowest BCUT2D eigenvalue weighted by atomic mass is 10.0. The summed E-state index contributed by atoms with van der Waals surface area (Å²) in [5.74, 6) is -0.600. The number of esters is 1. The number of rotatable bonds is 9. The van der Waals surface area contributed by atoms with Crippen LogP contribution in [0.25, 0.3) is 0 Å². The highest BCUT2D eigenvalue weighted by Gasteiger charge is 2.29. The molecule has 0 aliphatic carbocycles. The molecule has 2 amide bonds. The second-order valence-corrected chi connectivity index (χ2v) is 7.17. The van der Waals surface area contributed by atoms with Crippen LogP contribution in [0.4, 0.5) is 5.82 Å². The van der Waals surface area contributed by atoms with E-state index in [4.69, 9.17) is 9.26 Å². The van der Waals surface area contributed by atoms with Gasteiger partial charge >= 0.3 is 5.97 Å². The summed E-state index contributed by atoms with van der Waals surface area (Å²) in [5.41, 5.74) is 0.445. The summed E-state index contributed by atoms with van der Waals surface area (Å²) in [6.07, 6.45) is -0.351.